The molecule has 0 fully saturated rings. The number of aryl methyl sites for hydroxylation is 1. The van der Waals surface area contributed by atoms with Gasteiger partial charge in [0.05, 0.1) is 10.6 Å². The van der Waals surface area contributed by atoms with Crippen LogP contribution in [0.2, 0.25) is 5.02 Å². The first-order valence-corrected chi connectivity index (χ1v) is 4.77. The molecule has 14 heavy (non-hydrogen) atoms. The molecule has 0 aliphatic rings. The molecule has 0 heterocycles. The first kappa shape index (κ1) is 11.0. The Labute approximate surface area is 88.2 Å². The number of carbonyl (C=O) groups is 1. The van der Waals surface area contributed by atoms with Crippen molar-refractivity contribution in [3.8, 4) is 0 Å². The van der Waals surface area contributed by atoms with Crippen LogP contribution in [-0.2, 0) is 0 Å². The second-order valence-electron chi connectivity index (χ2n) is 3.03. The molecule has 0 unspecified atom stereocenters. The van der Waals surface area contributed by atoms with E-state index >= 15 is 0 Å². The lowest BCUT2D eigenvalue weighted by molar-refractivity contribution is 0.0955. The Hall–Kier alpha value is -1.06. The molecule has 1 aromatic rings. The summed E-state index contributed by atoms with van der Waals surface area (Å²) >= 11 is 5.91. The summed E-state index contributed by atoms with van der Waals surface area (Å²) in [7, 11) is 0. The summed E-state index contributed by atoms with van der Waals surface area (Å²) < 4.78 is 0. The largest absolute Gasteiger partial charge is 0.351 e. The summed E-state index contributed by atoms with van der Waals surface area (Å²) in [5.74, 6) is -0.180. The van der Waals surface area contributed by atoms with E-state index in [-0.39, 0.29) is 5.91 Å². The van der Waals surface area contributed by atoms with Gasteiger partial charge in [0, 0.05) is 13.1 Å². The minimum absolute atomic E-state index is 0.180. The van der Waals surface area contributed by atoms with Gasteiger partial charge < -0.3 is 11.1 Å². The number of carbonyl (C=O) groups excluding carboxylic acids is 1. The van der Waals surface area contributed by atoms with Gasteiger partial charge in [0.15, 0.2) is 0 Å². The summed E-state index contributed by atoms with van der Waals surface area (Å²) in [5.41, 5.74) is 6.79. The average molecular weight is 213 g/mol. The second-order valence-corrected chi connectivity index (χ2v) is 3.44. The number of hydrogen-bond donors (Lipinski definition) is 2. The molecule has 76 valence electrons. The van der Waals surface area contributed by atoms with E-state index in [1.165, 1.54) is 0 Å². The first-order chi connectivity index (χ1) is 6.65. The fourth-order valence-corrected chi connectivity index (χ4v) is 1.41. The first-order valence-electron chi connectivity index (χ1n) is 4.39. The minimum Gasteiger partial charge on any atom is -0.351 e. The zero-order valence-corrected chi connectivity index (χ0v) is 8.77. The van der Waals surface area contributed by atoms with Crippen molar-refractivity contribution in [2.75, 3.05) is 13.1 Å². The van der Waals surface area contributed by atoms with E-state index in [1.807, 2.05) is 13.0 Å². The zero-order valence-electron chi connectivity index (χ0n) is 8.01. The second kappa shape index (κ2) is 4.98. The molecule has 1 aromatic carbocycles. The van der Waals surface area contributed by atoms with Crippen molar-refractivity contribution in [3.05, 3.63) is 34.3 Å². The van der Waals surface area contributed by atoms with Crippen LogP contribution in [0.25, 0.3) is 0 Å². The Kier molecular flexibility index (Phi) is 3.92. The molecule has 0 saturated carbocycles. The molecule has 0 spiro atoms. The molecule has 0 aromatic heterocycles. The van der Waals surface area contributed by atoms with E-state index in [9.17, 15) is 4.79 Å². The average Bonchev–Trinajstić information content (AvgIpc) is 2.14. The highest BCUT2D eigenvalue weighted by molar-refractivity contribution is 6.33. The minimum atomic E-state index is -0.180. The lowest BCUT2D eigenvalue weighted by atomic mass is 10.1. The topological polar surface area (TPSA) is 55.1 Å². The lowest BCUT2D eigenvalue weighted by Crippen LogP contribution is -2.29. The fraction of sp³-hybridized carbons (Fsp3) is 0.300. The van der Waals surface area contributed by atoms with Crippen LogP contribution >= 0.6 is 11.6 Å². The molecule has 0 saturated heterocycles. The summed E-state index contributed by atoms with van der Waals surface area (Å²) in [5, 5.41) is 3.13. The molecule has 0 aliphatic heterocycles. The van der Waals surface area contributed by atoms with Crippen LogP contribution in [0.5, 0.6) is 0 Å². The van der Waals surface area contributed by atoms with Crippen LogP contribution in [0.15, 0.2) is 18.2 Å². The van der Waals surface area contributed by atoms with Crippen LogP contribution in [0.4, 0.5) is 0 Å². The Bertz CT molecular complexity index is 339. The number of nitrogens with two attached hydrogens (primary N) is 1. The number of amides is 1. The van der Waals surface area contributed by atoms with Gasteiger partial charge in [-0.2, -0.15) is 0 Å². The quantitative estimate of drug-likeness (QED) is 0.795. The summed E-state index contributed by atoms with van der Waals surface area (Å²) in [4.78, 5) is 11.5. The van der Waals surface area contributed by atoms with Crippen molar-refractivity contribution in [2.24, 2.45) is 5.73 Å². The predicted octanol–water partition coefficient (Wildman–Crippen LogP) is 1.34. The Morgan fingerprint density at radius 3 is 2.86 bits per heavy atom. The van der Waals surface area contributed by atoms with Crippen molar-refractivity contribution >= 4 is 17.5 Å². The normalized spacial score (nSPS) is 9.93. The summed E-state index contributed by atoms with van der Waals surface area (Å²) in [6.07, 6.45) is 0. The molecule has 0 aliphatic carbocycles. The third-order valence-electron chi connectivity index (χ3n) is 1.80. The molecule has 3 nitrogen and oxygen atoms in total. The van der Waals surface area contributed by atoms with Gasteiger partial charge >= 0.3 is 0 Å². The molecule has 1 rings (SSSR count). The van der Waals surface area contributed by atoms with Crippen molar-refractivity contribution in [1.82, 2.24) is 5.32 Å². The monoisotopic (exact) mass is 212 g/mol. The van der Waals surface area contributed by atoms with E-state index in [4.69, 9.17) is 17.3 Å². The van der Waals surface area contributed by atoms with Gasteiger partial charge in [-0.25, -0.2) is 0 Å². The van der Waals surface area contributed by atoms with Crippen LogP contribution in [0.1, 0.15) is 15.9 Å². The maximum atomic E-state index is 11.5. The molecule has 4 heteroatoms. The van der Waals surface area contributed by atoms with Crippen LogP contribution in [0, 0.1) is 6.92 Å². The van der Waals surface area contributed by atoms with E-state index in [1.54, 1.807) is 12.1 Å². The Morgan fingerprint density at radius 1 is 1.57 bits per heavy atom. The van der Waals surface area contributed by atoms with Gasteiger partial charge in [-0.15, -0.1) is 0 Å². The summed E-state index contributed by atoms with van der Waals surface area (Å²) in [6.45, 7) is 2.81. The number of nitrogens with one attached hydrogen (secondary N) is 1. The maximum absolute atomic E-state index is 11.5. The van der Waals surface area contributed by atoms with Crippen molar-refractivity contribution in [3.63, 3.8) is 0 Å². The molecular weight excluding hydrogens is 200 g/mol. The van der Waals surface area contributed by atoms with Crippen molar-refractivity contribution in [1.29, 1.82) is 0 Å². The highest BCUT2D eigenvalue weighted by atomic mass is 35.5. The van der Waals surface area contributed by atoms with E-state index in [2.05, 4.69) is 5.32 Å². The number of hydrogen-bond acceptors (Lipinski definition) is 2. The summed E-state index contributed by atoms with van der Waals surface area (Å²) in [6, 6.07) is 5.33. The maximum Gasteiger partial charge on any atom is 0.252 e. The number of benzene rings is 1. The van der Waals surface area contributed by atoms with E-state index in [0.29, 0.717) is 23.7 Å². The van der Waals surface area contributed by atoms with Gasteiger partial charge in [-0.05, 0) is 24.6 Å². The standard InChI is InChI=1S/C10H13ClN2O/c1-7-2-3-8(9(11)6-7)10(14)13-5-4-12/h2-3,6H,4-5,12H2,1H3,(H,13,14). The van der Waals surface area contributed by atoms with Gasteiger partial charge in [0.2, 0.25) is 0 Å². The number of rotatable bonds is 3. The molecule has 0 atom stereocenters. The van der Waals surface area contributed by atoms with Crippen LogP contribution in [-0.4, -0.2) is 19.0 Å². The van der Waals surface area contributed by atoms with Crippen molar-refractivity contribution in [2.45, 2.75) is 6.92 Å². The molecule has 1 amide bonds. The highest BCUT2D eigenvalue weighted by Gasteiger charge is 2.08. The molecular formula is C10H13ClN2O. The highest BCUT2D eigenvalue weighted by Crippen LogP contribution is 2.17. The van der Waals surface area contributed by atoms with Gasteiger partial charge in [-0.3, -0.25) is 4.79 Å². The predicted molar refractivity (Wildman–Crippen MR) is 57.6 cm³/mol. The van der Waals surface area contributed by atoms with E-state index < -0.39 is 0 Å². The van der Waals surface area contributed by atoms with Gasteiger partial charge in [-0.1, -0.05) is 17.7 Å². The lowest BCUT2D eigenvalue weighted by Gasteiger charge is -2.05. The fourth-order valence-electron chi connectivity index (χ4n) is 1.09. The van der Waals surface area contributed by atoms with Gasteiger partial charge in [0.25, 0.3) is 5.91 Å². The number of halogens is 1. The van der Waals surface area contributed by atoms with Crippen molar-refractivity contribution < 1.29 is 4.79 Å². The third kappa shape index (κ3) is 2.72. The SMILES string of the molecule is Cc1ccc(C(=O)NCCN)c(Cl)c1. The van der Waals surface area contributed by atoms with Crippen LogP contribution in [0.3, 0.4) is 0 Å². The smallest absolute Gasteiger partial charge is 0.252 e. The third-order valence-corrected chi connectivity index (χ3v) is 2.11. The molecule has 0 radical (unpaired) electrons. The molecule has 0 bridgehead atoms. The van der Waals surface area contributed by atoms with Gasteiger partial charge in [0.1, 0.15) is 0 Å². The van der Waals surface area contributed by atoms with Crippen LogP contribution < -0.4 is 11.1 Å². The Morgan fingerprint density at radius 2 is 2.29 bits per heavy atom. The zero-order chi connectivity index (χ0) is 10.6. The Balaban J connectivity index is 2.80. The molecule has 3 N–H and O–H groups in total. The van der Waals surface area contributed by atoms with E-state index in [0.717, 1.165) is 5.56 Å².